The van der Waals surface area contributed by atoms with Crippen molar-refractivity contribution in [2.75, 3.05) is 0 Å². The van der Waals surface area contributed by atoms with Crippen LogP contribution in [0.15, 0.2) is 95.8 Å². The fourth-order valence-electron chi connectivity index (χ4n) is 2.58. The molecule has 0 fully saturated rings. The smallest absolute Gasteiger partial charge is 0.0949 e. The highest BCUT2D eigenvalue weighted by molar-refractivity contribution is 8.76. The Labute approximate surface area is 160 Å². The molecule has 0 bridgehead atoms. The Morgan fingerprint density at radius 3 is 1.38 bits per heavy atom. The van der Waals surface area contributed by atoms with E-state index in [0.29, 0.717) is 0 Å². The fourth-order valence-corrected chi connectivity index (χ4v) is 4.51. The van der Waals surface area contributed by atoms with Gasteiger partial charge in [-0.1, -0.05) is 45.9 Å². The zero-order chi connectivity index (χ0) is 17.6. The van der Waals surface area contributed by atoms with Crippen LogP contribution in [-0.2, 0) is 13.1 Å². The van der Waals surface area contributed by atoms with Gasteiger partial charge >= 0.3 is 0 Å². The Hall–Kier alpha value is -2.44. The maximum atomic E-state index is 4.08. The van der Waals surface area contributed by atoms with E-state index < -0.39 is 0 Å². The molecule has 130 valence electrons. The summed E-state index contributed by atoms with van der Waals surface area (Å²) in [5.41, 5.74) is 2.56. The maximum Gasteiger partial charge on any atom is 0.0949 e. The van der Waals surface area contributed by atoms with Crippen LogP contribution in [0.25, 0.3) is 0 Å². The highest BCUT2D eigenvalue weighted by atomic mass is 33.1. The van der Waals surface area contributed by atoms with Gasteiger partial charge in [0.15, 0.2) is 0 Å². The molecule has 2 aromatic carbocycles. The number of rotatable bonds is 7. The molecule has 0 aliphatic carbocycles. The minimum atomic E-state index is 0.858. The fraction of sp³-hybridized carbons (Fsp3) is 0.100. The Morgan fingerprint density at radius 2 is 1.04 bits per heavy atom. The minimum absolute atomic E-state index is 0.858. The summed E-state index contributed by atoms with van der Waals surface area (Å²) in [6.45, 7) is 1.72. The molecule has 26 heavy (non-hydrogen) atoms. The molecule has 0 radical (unpaired) electrons. The summed E-state index contributed by atoms with van der Waals surface area (Å²) < 4.78 is 4.14. The monoisotopic (exact) mass is 378 g/mol. The van der Waals surface area contributed by atoms with Crippen LogP contribution in [0.4, 0.5) is 0 Å². The first-order valence-corrected chi connectivity index (χ1v) is 10.4. The number of hydrogen-bond acceptors (Lipinski definition) is 4. The first kappa shape index (κ1) is 17.0. The molecule has 0 spiro atoms. The van der Waals surface area contributed by atoms with Crippen LogP contribution in [0, 0.1) is 0 Å². The highest BCUT2D eigenvalue weighted by Crippen LogP contribution is 2.37. The van der Waals surface area contributed by atoms with E-state index in [0.717, 1.165) is 13.1 Å². The van der Waals surface area contributed by atoms with Gasteiger partial charge in [-0.2, -0.15) is 0 Å². The van der Waals surface area contributed by atoms with Crippen molar-refractivity contribution in [1.29, 1.82) is 0 Å². The van der Waals surface area contributed by atoms with Gasteiger partial charge in [-0.25, -0.2) is 9.97 Å². The van der Waals surface area contributed by atoms with Gasteiger partial charge in [0.1, 0.15) is 0 Å². The molecule has 0 amide bonds. The largest absolute Gasteiger partial charge is 0.333 e. The lowest BCUT2D eigenvalue weighted by Crippen LogP contribution is -1.95. The molecule has 2 heterocycles. The summed E-state index contributed by atoms with van der Waals surface area (Å²) in [5, 5.41) is 0. The first-order chi connectivity index (χ1) is 12.8. The average Bonchev–Trinajstić information content (AvgIpc) is 3.37. The molecule has 0 N–H and O–H groups in total. The molecule has 0 aliphatic heterocycles. The Kier molecular flexibility index (Phi) is 5.42. The van der Waals surface area contributed by atoms with Crippen molar-refractivity contribution in [1.82, 2.24) is 19.1 Å². The first-order valence-electron chi connectivity index (χ1n) is 8.29. The lowest BCUT2D eigenvalue weighted by molar-refractivity contribution is 0.796. The zero-order valence-corrected chi connectivity index (χ0v) is 15.7. The third-order valence-electron chi connectivity index (χ3n) is 3.93. The Bertz CT molecular complexity index is 835. The second-order valence-electron chi connectivity index (χ2n) is 5.92. The summed E-state index contributed by atoms with van der Waals surface area (Å²) in [4.78, 5) is 10.7. The topological polar surface area (TPSA) is 35.6 Å². The summed E-state index contributed by atoms with van der Waals surface area (Å²) in [7, 11) is 3.57. The zero-order valence-electron chi connectivity index (χ0n) is 14.1. The second kappa shape index (κ2) is 8.29. The van der Waals surface area contributed by atoms with E-state index in [9.17, 15) is 0 Å². The van der Waals surface area contributed by atoms with E-state index in [1.54, 1.807) is 21.6 Å². The van der Waals surface area contributed by atoms with Crippen LogP contribution >= 0.6 is 21.6 Å². The van der Waals surface area contributed by atoms with Crippen molar-refractivity contribution in [3.8, 4) is 0 Å². The molecule has 0 unspecified atom stereocenters. The van der Waals surface area contributed by atoms with Gasteiger partial charge in [0.25, 0.3) is 0 Å². The summed E-state index contributed by atoms with van der Waals surface area (Å²) >= 11 is 0. The minimum Gasteiger partial charge on any atom is -0.333 e. The molecular formula is C20H18N4S2. The number of imidazole rings is 2. The molecule has 0 saturated carbocycles. The standard InChI is InChI=1S/C20H18N4S2/c1-5-19(6-2-17(1)13-23-11-9-21-15-23)25-26-20-7-3-18(4-8-20)14-24-12-10-22-16-24/h1-12,15-16H,13-14H2. The second-order valence-corrected chi connectivity index (χ2v) is 8.20. The van der Waals surface area contributed by atoms with Crippen molar-refractivity contribution in [3.05, 3.63) is 97.1 Å². The molecule has 2 aromatic heterocycles. The van der Waals surface area contributed by atoms with E-state index in [1.165, 1.54) is 20.9 Å². The van der Waals surface area contributed by atoms with Crippen LogP contribution in [0.2, 0.25) is 0 Å². The van der Waals surface area contributed by atoms with Crippen molar-refractivity contribution in [2.24, 2.45) is 0 Å². The average molecular weight is 379 g/mol. The van der Waals surface area contributed by atoms with E-state index in [1.807, 2.05) is 37.4 Å². The summed E-state index contributed by atoms with van der Waals surface area (Å²) in [6, 6.07) is 17.4. The van der Waals surface area contributed by atoms with E-state index in [4.69, 9.17) is 0 Å². The van der Waals surface area contributed by atoms with Crippen molar-refractivity contribution in [3.63, 3.8) is 0 Å². The van der Waals surface area contributed by atoms with Crippen molar-refractivity contribution >= 4 is 21.6 Å². The molecule has 0 aliphatic rings. The molecular weight excluding hydrogens is 360 g/mol. The summed E-state index contributed by atoms with van der Waals surface area (Å²) in [6.07, 6.45) is 11.3. The van der Waals surface area contributed by atoms with Gasteiger partial charge in [0, 0.05) is 47.7 Å². The van der Waals surface area contributed by atoms with Crippen LogP contribution in [-0.4, -0.2) is 19.1 Å². The Balaban J connectivity index is 1.30. The van der Waals surface area contributed by atoms with Crippen LogP contribution < -0.4 is 0 Å². The van der Waals surface area contributed by atoms with Gasteiger partial charge in [-0.15, -0.1) is 0 Å². The van der Waals surface area contributed by atoms with Gasteiger partial charge in [-0.3, -0.25) is 0 Å². The number of benzene rings is 2. The number of hydrogen-bond donors (Lipinski definition) is 0. The van der Waals surface area contributed by atoms with Crippen molar-refractivity contribution < 1.29 is 0 Å². The molecule has 4 aromatic rings. The van der Waals surface area contributed by atoms with Gasteiger partial charge in [-0.05, 0) is 35.4 Å². The summed E-state index contributed by atoms with van der Waals surface area (Å²) in [5.74, 6) is 0. The predicted octanol–water partition coefficient (Wildman–Crippen LogP) is 4.98. The van der Waals surface area contributed by atoms with Crippen LogP contribution in [0.5, 0.6) is 0 Å². The van der Waals surface area contributed by atoms with E-state index in [-0.39, 0.29) is 0 Å². The Morgan fingerprint density at radius 1 is 0.615 bits per heavy atom. The lowest BCUT2D eigenvalue weighted by atomic mass is 10.2. The highest BCUT2D eigenvalue weighted by Gasteiger charge is 2.01. The third kappa shape index (κ3) is 4.59. The van der Waals surface area contributed by atoms with Crippen molar-refractivity contribution in [2.45, 2.75) is 22.9 Å². The third-order valence-corrected chi connectivity index (χ3v) is 6.35. The predicted molar refractivity (Wildman–Crippen MR) is 107 cm³/mol. The van der Waals surface area contributed by atoms with E-state index >= 15 is 0 Å². The molecule has 0 atom stereocenters. The molecule has 6 heteroatoms. The SMILES string of the molecule is c1cn(Cc2ccc(SSc3ccc(Cn4ccnc4)cc3)cc2)cn1. The van der Waals surface area contributed by atoms with E-state index in [2.05, 4.69) is 67.6 Å². The van der Waals surface area contributed by atoms with Gasteiger partial charge in [0.05, 0.1) is 12.7 Å². The van der Waals surface area contributed by atoms with Gasteiger partial charge < -0.3 is 9.13 Å². The number of aromatic nitrogens is 4. The molecule has 4 rings (SSSR count). The normalized spacial score (nSPS) is 10.9. The molecule has 0 saturated heterocycles. The molecule has 4 nitrogen and oxygen atoms in total. The van der Waals surface area contributed by atoms with Crippen LogP contribution in [0.3, 0.4) is 0 Å². The van der Waals surface area contributed by atoms with Crippen LogP contribution in [0.1, 0.15) is 11.1 Å². The van der Waals surface area contributed by atoms with Gasteiger partial charge in [0.2, 0.25) is 0 Å². The maximum absolute atomic E-state index is 4.08. The quantitative estimate of drug-likeness (QED) is 0.425. The lowest BCUT2D eigenvalue weighted by Gasteiger charge is -2.06. The number of nitrogens with zero attached hydrogens (tertiary/aromatic N) is 4.